The summed E-state index contributed by atoms with van der Waals surface area (Å²) in [7, 11) is 0. The molecule has 4 heteroatoms. The minimum atomic E-state index is -0.137. The number of ketones is 1. The Hall–Kier alpha value is -2.10. The van der Waals surface area contributed by atoms with Crippen molar-refractivity contribution in [3.05, 3.63) is 57.3 Å². The summed E-state index contributed by atoms with van der Waals surface area (Å²) >= 11 is 0. The van der Waals surface area contributed by atoms with Gasteiger partial charge in [-0.05, 0) is 50.5 Å². The number of Topliss-reactive ketones (excluding diaryl/α,β-unsaturated/α-hetero) is 1. The standard InChI is InChI=1S/C16H20N2O2/c1-5-17-6-7-18(16(17)20)10-15(19)14-9-12(3)11(2)8-13(14)4/h6-9H,5,10H2,1-4H3. The van der Waals surface area contributed by atoms with Crippen molar-refractivity contribution in [2.75, 3.05) is 0 Å². The molecule has 1 heterocycles. The second kappa shape index (κ2) is 5.49. The van der Waals surface area contributed by atoms with Crippen molar-refractivity contribution < 1.29 is 4.79 Å². The lowest BCUT2D eigenvalue weighted by atomic mass is 9.98. The molecule has 0 spiro atoms. The van der Waals surface area contributed by atoms with E-state index in [1.807, 2.05) is 39.8 Å². The average molecular weight is 272 g/mol. The number of benzene rings is 1. The summed E-state index contributed by atoms with van der Waals surface area (Å²) in [6.07, 6.45) is 3.38. The van der Waals surface area contributed by atoms with E-state index in [9.17, 15) is 9.59 Å². The fraction of sp³-hybridized carbons (Fsp3) is 0.375. The van der Waals surface area contributed by atoms with E-state index in [2.05, 4.69) is 0 Å². The highest BCUT2D eigenvalue weighted by molar-refractivity contribution is 5.97. The summed E-state index contributed by atoms with van der Waals surface area (Å²) in [5.41, 5.74) is 3.79. The van der Waals surface area contributed by atoms with Crippen molar-refractivity contribution in [3.8, 4) is 0 Å². The monoisotopic (exact) mass is 272 g/mol. The van der Waals surface area contributed by atoms with E-state index in [0.717, 1.165) is 11.1 Å². The third kappa shape index (κ3) is 2.59. The first kappa shape index (κ1) is 14.3. The number of hydrogen-bond acceptors (Lipinski definition) is 2. The second-order valence-electron chi connectivity index (χ2n) is 5.17. The van der Waals surface area contributed by atoms with Crippen molar-refractivity contribution in [2.45, 2.75) is 40.8 Å². The number of carbonyl (C=O) groups excluding carboxylic acids is 1. The van der Waals surface area contributed by atoms with Gasteiger partial charge in [-0.3, -0.25) is 13.9 Å². The Balaban J connectivity index is 2.31. The lowest BCUT2D eigenvalue weighted by Gasteiger charge is -2.09. The molecule has 0 aliphatic carbocycles. The van der Waals surface area contributed by atoms with Crippen LogP contribution in [-0.2, 0) is 13.1 Å². The van der Waals surface area contributed by atoms with E-state index < -0.39 is 0 Å². The van der Waals surface area contributed by atoms with Crippen LogP contribution in [0.1, 0.15) is 34.0 Å². The molecular formula is C16H20N2O2. The molecule has 0 aliphatic heterocycles. The van der Waals surface area contributed by atoms with E-state index in [-0.39, 0.29) is 18.0 Å². The van der Waals surface area contributed by atoms with E-state index in [4.69, 9.17) is 0 Å². The molecule has 0 bridgehead atoms. The molecule has 0 fully saturated rings. The molecule has 2 aromatic rings. The zero-order valence-corrected chi connectivity index (χ0v) is 12.4. The van der Waals surface area contributed by atoms with Crippen molar-refractivity contribution in [1.29, 1.82) is 0 Å². The first-order valence-corrected chi connectivity index (χ1v) is 6.80. The molecule has 20 heavy (non-hydrogen) atoms. The summed E-state index contributed by atoms with van der Waals surface area (Å²) in [6.45, 7) is 8.56. The fourth-order valence-electron chi connectivity index (χ4n) is 2.32. The largest absolute Gasteiger partial charge is 0.328 e. The van der Waals surface area contributed by atoms with Gasteiger partial charge >= 0.3 is 5.69 Å². The van der Waals surface area contributed by atoms with Crippen LogP contribution in [0.4, 0.5) is 0 Å². The second-order valence-corrected chi connectivity index (χ2v) is 5.17. The molecule has 2 rings (SSSR count). The van der Waals surface area contributed by atoms with Crippen LogP contribution >= 0.6 is 0 Å². The molecule has 0 N–H and O–H groups in total. The Kier molecular flexibility index (Phi) is 3.93. The van der Waals surface area contributed by atoms with Gasteiger partial charge < -0.3 is 0 Å². The number of aromatic nitrogens is 2. The minimum Gasteiger partial charge on any atom is -0.300 e. The van der Waals surface area contributed by atoms with Crippen LogP contribution in [0.15, 0.2) is 29.3 Å². The first-order valence-electron chi connectivity index (χ1n) is 6.80. The van der Waals surface area contributed by atoms with Crippen molar-refractivity contribution in [3.63, 3.8) is 0 Å². The molecule has 0 unspecified atom stereocenters. The van der Waals surface area contributed by atoms with Crippen molar-refractivity contribution in [1.82, 2.24) is 9.13 Å². The zero-order valence-electron chi connectivity index (χ0n) is 12.4. The van der Waals surface area contributed by atoms with Crippen LogP contribution in [-0.4, -0.2) is 14.9 Å². The number of carbonyl (C=O) groups is 1. The van der Waals surface area contributed by atoms with Crippen LogP contribution in [0.3, 0.4) is 0 Å². The summed E-state index contributed by atoms with van der Waals surface area (Å²) < 4.78 is 3.04. The number of hydrogen-bond donors (Lipinski definition) is 0. The number of nitrogens with zero attached hydrogens (tertiary/aromatic N) is 2. The van der Waals surface area contributed by atoms with Gasteiger partial charge in [-0.15, -0.1) is 0 Å². The fourth-order valence-corrected chi connectivity index (χ4v) is 2.32. The average Bonchev–Trinajstić information content (AvgIpc) is 2.74. The molecular weight excluding hydrogens is 252 g/mol. The summed E-state index contributed by atoms with van der Waals surface area (Å²) in [5.74, 6) is -0.0263. The molecule has 0 saturated heterocycles. The lowest BCUT2D eigenvalue weighted by Crippen LogP contribution is -2.26. The molecule has 0 saturated carbocycles. The lowest BCUT2D eigenvalue weighted by molar-refractivity contribution is 0.0970. The van der Waals surface area contributed by atoms with Gasteiger partial charge in [0.15, 0.2) is 5.78 Å². The molecule has 4 nitrogen and oxygen atoms in total. The maximum absolute atomic E-state index is 12.4. The van der Waals surface area contributed by atoms with Crippen molar-refractivity contribution in [2.24, 2.45) is 0 Å². The van der Waals surface area contributed by atoms with Gasteiger partial charge in [-0.1, -0.05) is 6.07 Å². The van der Waals surface area contributed by atoms with Gasteiger partial charge in [0.05, 0.1) is 6.54 Å². The summed E-state index contributed by atoms with van der Waals surface area (Å²) in [4.78, 5) is 24.3. The molecule has 106 valence electrons. The van der Waals surface area contributed by atoms with Crippen LogP contribution in [0.25, 0.3) is 0 Å². The Morgan fingerprint density at radius 3 is 2.20 bits per heavy atom. The molecule has 1 aromatic carbocycles. The third-order valence-corrected chi connectivity index (χ3v) is 3.71. The summed E-state index contributed by atoms with van der Waals surface area (Å²) in [5, 5.41) is 0. The zero-order chi connectivity index (χ0) is 14.9. The Morgan fingerprint density at radius 1 is 1.00 bits per heavy atom. The normalized spacial score (nSPS) is 10.8. The maximum atomic E-state index is 12.4. The SMILES string of the molecule is CCn1ccn(CC(=O)c2cc(C)c(C)cc2C)c1=O. The van der Waals surface area contributed by atoms with Gasteiger partial charge in [-0.2, -0.15) is 0 Å². The van der Waals surface area contributed by atoms with Gasteiger partial charge in [0.25, 0.3) is 0 Å². The van der Waals surface area contributed by atoms with Crippen molar-refractivity contribution >= 4 is 5.78 Å². The highest BCUT2D eigenvalue weighted by Crippen LogP contribution is 2.16. The van der Waals surface area contributed by atoms with Crippen LogP contribution in [0, 0.1) is 20.8 Å². The highest BCUT2D eigenvalue weighted by atomic mass is 16.2. The van der Waals surface area contributed by atoms with Crippen LogP contribution in [0.5, 0.6) is 0 Å². The van der Waals surface area contributed by atoms with Gasteiger partial charge in [-0.25, -0.2) is 4.79 Å². The topological polar surface area (TPSA) is 44.0 Å². The Labute approximate surface area is 118 Å². The number of imidazole rings is 1. The minimum absolute atomic E-state index is 0.0263. The number of rotatable bonds is 4. The summed E-state index contributed by atoms with van der Waals surface area (Å²) in [6, 6.07) is 3.93. The first-order chi connectivity index (χ1) is 9.43. The van der Waals surface area contributed by atoms with E-state index in [1.54, 1.807) is 17.0 Å². The Bertz CT molecular complexity index is 708. The Morgan fingerprint density at radius 2 is 1.60 bits per heavy atom. The van der Waals surface area contributed by atoms with Gasteiger partial charge in [0.2, 0.25) is 0 Å². The van der Waals surface area contributed by atoms with E-state index in [1.165, 1.54) is 10.1 Å². The highest BCUT2D eigenvalue weighted by Gasteiger charge is 2.13. The molecule has 0 atom stereocenters. The predicted molar refractivity (Wildman–Crippen MR) is 79.3 cm³/mol. The quantitative estimate of drug-likeness (QED) is 0.803. The maximum Gasteiger partial charge on any atom is 0.328 e. The van der Waals surface area contributed by atoms with Gasteiger partial charge in [0.1, 0.15) is 0 Å². The molecule has 0 amide bonds. The van der Waals surface area contributed by atoms with Crippen LogP contribution < -0.4 is 5.69 Å². The smallest absolute Gasteiger partial charge is 0.300 e. The molecule has 0 aliphatic rings. The van der Waals surface area contributed by atoms with E-state index >= 15 is 0 Å². The predicted octanol–water partition coefficient (Wildman–Crippen LogP) is 2.48. The third-order valence-electron chi connectivity index (χ3n) is 3.71. The molecule has 1 aromatic heterocycles. The van der Waals surface area contributed by atoms with Crippen LogP contribution in [0.2, 0.25) is 0 Å². The van der Waals surface area contributed by atoms with E-state index in [0.29, 0.717) is 12.1 Å². The molecule has 0 radical (unpaired) electrons. The number of aryl methyl sites for hydroxylation is 4. The van der Waals surface area contributed by atoms with Gasteiger partial charge in [0, 0.05) is 24.5 Å².